The van der Waals surface area contributed by atoms with Gasteiger partial charge in [-0.2, -0.15) is 0 Å². The molecule has 1 atom stereocenters. The maximum atomic E-state index is 11.9. The summed E-state index contributed by atoms with van der Waals surface area (Å²) < 4.78 is 10.2. The second-order valence-electron chi connectivity index (χ2n) is 4.78. The lowest BCUT2D eigenvalue weighted by Crippen LogP contribution is -2.41. The molecular weight excluding hydrogens is 246 g/mol. The molecule has 5 nitrogen and oxygen atoms in total. The molecule has 0 radical (unpaired) electrons. The van der Waals surface area contributed by atoms with Crippen LogP contribution in [0.25, 0.3) is 0 Å². The number of hydrogen-bond donors (Lipinski definition) is 0. The number of amides is 1. The highest BCUT2D eigenvalue weighted by atomic mass is 16.6. The molecule has 0 aromatic rings. The molecule has 0 spiro atoms. The number of hydrogen-bond acceptors (Lipinski definition) is 4. The Labute approximate surface area is 115 Å². The van der Waals surface area contributed by atoms with Gasteiger partial charge in [-0.05, 0) is 26.2 Å². The van der Waals surface area contributed by atoms with Crippen LogP contribution in [0.2, 0.25) is 0 Å². The number of rotatable bonds is 7. The Hall–Kier alpha value is -1.26. The molecule has 0 aromatic heterocycles. The first-order chi connectivity index (χ1) is 9.20. The second kappa shape index (κ2) is 8.77. The molecule has 1 aliphatic heterocycles. The van der Waals surface area contributed by atoms with Crippen LogP contribution in [-0.2, 0) is 14.3 Å². The molecule has 0 bridgehead atoms. The standard InChI is InChI=1S/C14H25NO4/c1-3-5-6-7-11-19-13(16)12-9-8-10-15(12)14(17)18-4-2/h12H,3-11H2,1-2H3. The number of nitrogens with zero attached hydrogens (tertiary/aromatic N) is 1. The van der Waals surface area contributed by atoms with Crippen LogP contribution in [0.4, 0.5) is 4.79 Å². The van der Waals surface area contributed by atoms with Gasteiger partial charge < -0.3 is 9.47 Å². The van der Waals surface area contributed by atoms with Crippen molar-refractivity contribution in [2.75, 3.05) is 19.8 Å². The minimum Gasteiger partial charge on any atom is -0.464 e. The number of ether oxygens (including phenoxy) is 2. The van der Waals surface area contributed by atoms with E-state index in [4.69, 9.17) is 9.47 Å². The summed E-state index contributed by atoms with van der Waals surface area (Å²) in [5, 5.41) is 0. The molecule has 0 saturated carbocycles. The molecule has 1 unspecified atom stereocenters. The van der Waals surface area contributed by atoms with Crippen molar-refractivity contribution in [1.82, 2.24) is 4.90 Å². The minimum atomic E-state index is -0.453. The lowest BCUT2D eigenvalue weighted by Gasteiger charge is -2.22. The van der Waals surface area contributed by atoms with Crippen LogP contribution in [0, 0.1) is 0 Å². The molecule has 1 saturated heterocycles. The largest absolute Gasteiger partial charge is 0.464 e. The van der Waals surface area contributed by atoms with Gasteiger partial charge in [-0.15, -0.1) is 0 Å². The molecular formula is C14H25NO4. The number of carbonyl (C=O) groups excluding carboxylic acids is 2. The van der Waals surface area contributed by atoms with E-state index in [1.165, 1.54) is 4.90 Å². The van der Waals surface area contributed by atoms with Gasteiger partial charge in [-0.1, -0.05) is 26.2 Å². The van der Waals surface area contributed by atoms with Crippen LogP contribution < -0.4 is 0 Å². The van der Waals surface area contributed by atoms with Gasteiger partial charge >= 0.3 is 12.1 Å². The number of likely N-dealkylation sites (tertiary alicyclic amines) is 1. The van der Waals surface area contributed by atoms with Gasteiger partial charge in [-0.25, -0.2) is 9.59 Å². The highest BCUT2D eigenvalue weighted by Gasteiger charge is 2.35. The maximum absolute atomic E-state index is 11.9. The highest BCUT2D eigenvalue weighted by molar-refractivity contribution is 5.82. The van der Waals surface area contributed by atoms with Crippen molar-refractivity contribution >= 4 is 12.1 Å². The number of carbonyl (C=O) groups is 2. The van der Waals surface area contributed by atoms with E-state index >= 15 is 0 Å². The van der Waals surface area contributed by atoms with E-state index in [0.29, 0.717) is 26.2 Å². The molecule has 0 aliphatic carbocycles. The summed E-state index contributed by atoms with van der Waals surface area (Å²) in [7, 11) is 0. The summed E-state index contributed by atoms with van der Waals surface area (Å²) in [4.78, 5) is 25.1. The van der Waals surface area contributed by atoms with Crippen LogP contribution in [-0.4, -0.2) is 42.8 Å². The van der Waals surface area contributed by atoms with Crippen molar-refractivity contribution in [2.45, 2.75) is 58.4 Å². The predicted octanol–water partition coefficient (Wildman–Crippen LogP) is 2.73. The number of unbranched alkanes of at least 4 members (excludes halogenated alkanes) is 3. The van der Waals surface area contributed by atoms with E-state index in [1.807, 2.05) is 0 Å². The average molecular weight is 271 g/mol. The van der Waals surface area contributed by atoms with Crippen molar-refractivity contribution in [2.24, 2.45) is 0 Å². The molecule has 19 heavy (non-hydrogen) atoms. The third-order valence-corrected chi connectivity index (χ3v) is 3.27. The maximum Gasteiger partial charge on any atom is 0.410 e. The Balaban J connectivity index is 2.31. The van der Waals surface area contributed by atoms with Gasteiger partial charge in [-0.3, -0.25) is 4.90 Å². The van der Waals surface area contributed by atoms with Crippen molar-refractivity contribution in [3.8, 4) is 0 Å². The lowest BCUT2D eigenvalue weighted by atomic mass is 10.2. The molecule has 1 heterocycles. The normalized spacial score (nSPS) is 18.4. The summed E-state index contributed by atoms with van der Waals surface area (Å²) in [6.07, 6.45) is 5.39. The molecule has 0 N–H and O–H groups in total. The summed E-state index contributed by atoms with van der Waals surface area (Å²) in [6.45, 7) is 5.26. The third kappa shape index (κ3) is 5.09. The molecule has 1 aliphatic rings. The Morgan fingerprint density at radius 3 is 2.63 bits per heavy atom. The number of esters is 1. The van der Waals surface area contributed by atoms with Crippen molar-refractivity contribution in [1.29, 1.82) is 0 Å². The molecule has 1 amide bonds. The smallest absolute Gasteiger partial charge is 0.410 e. The third-order valence-electron chi connectivity index (χ3n) is 3.27. The fourth-order valence-electron chi connectivity index (χ4n) is 2.23. The van der Waals surface area contributed by atoms with E-state index in [-0.39, 0.29) is 5.97 Å². The van der Waals surface area contributed by atoms with Gasteiger partial charge in [0.25, 0.3) is 0 Å². The minimum absolute atomic E-state index is 0.290. The van der Waals surface area contributed by atoms with E-state index in [9.17, 15) is 9.59 Å². The molecule has 1 rings (SSSR count). The first-order valence-corrected chi connectivity index (χ1v) is 7.30. The molecule has 5 heteroatoms. The van der Waals surface area contributed by atoms with Crippen molar-refractivity contribution in [3.63, 3.8) is 0 Å². The Bertz CT molecular complexity index is 293. The summed E-state index contributed by atoms with van der Waals surface area (Å²) in [5.74, 6) is -0.290. The van der Waals surface area contributed by atoms with Crippen molar-refractivity contribution < 1.29 is 19.1 Å². The zero-order valence-corrected chi connectivity index (χ0v) is 12.0. The Kier molecular flexibility index (Phi) is 7.30. The zero-order chi connectivity index (χ0) is 14.1. The summed E-state index contributed by atoms with van der Waals surface area (Å²) in [5.41, 5.74) is 0. The van der Waals surface area contributed by atoms with Crippen LogP contribution >= 0.6 is 0 Å². The quantitative estimate of drug-likeness (QED) is 0.527. The van der Waals surface area contributed by atoms with Gasteiger partial charge in [0.2, 0.25) is 0 Å². The van der Waals surface area contributed by atoms with E-state index < -0.39 is 12.1 Å². The van der Waals surface area contributed by atoms with Gasteiger partial charge in [0, 0.05) is 6.54 Å². The average Bonchev–Trinajstić information content (AvgIpc) is 2.88. The Morgan fingerprint density at radius 1 is 1.16 bits per heavy atom. The molecule has 0 aromatic carbocycles. The summed E-state index contributed by atoms with van der Waals surface area (Å²) >= 11 is 0. The fourth-order valence-corrected chi connectivity index (χ4v) is 2.23. The topological polar surface area (TPSA) is 55.8 Å². The van der Waals surface area contributed by atoms with Crippen LogP contribution in [0.1, 0.15) is 52.4 Å². The van der Waals surface area contributed by atoms with Gasteiger partial charge in [0.05, 0.1) is 13.2 Å². The first-order valence-electron chi connectivity index (χ1n) is 7.30. The SMILES string of the molecule is CCCCCCOC(=O)C1CCCN1C(=O)OCC. The fraction of sp³-hybridized carbons (Fsp3) is 0.857. The van der Waals surface area contributed by atoms with Crippen molar-refractivity contribution in [3.05, 3.63) is 0 Å². The zero-order valence-electron chi connectivity index (χ0n) is 12.0. The lowest BCUT2D eigenvalue weighted by molar-refractivity contribution is -0.148. The highest BCUT2D eigenvalue weighted by Crippen LogP contribution is 2.19. The van der Waals surface area contributed by atoms with E-state index in [2.05, 4.69) is 6.92 Å². The monoisotopic (exact) mass is 271 g/mol. The summed E-state index contributed by atoms with van der Waals surface area (Å²) in [6, 6.07) is -0.453. The van der Waals surface area contributed by atoms with E-state index in [0.717, 1.165) is 32.1 Å². The van der Waals surface area contributed by atoms with Crippen LogP contribution in [0.3, 0.4) is 0 Å². The Morgan fingerprint density at radius 2 is 1.95 bits per heavy atom. The van der Waals surface area contributed by atoms with Gasteiger partial charge in [0.1, 0.15) is 6.04 Å². The predicted molar refractivity (Wildman–Crippen MR) is 71.9 cm³/mol. The van der Waals surface area contributed by atoms with Crippen LogP contribution in [0.5, 0.6) is 0 Å². The molecule has 1 fully saturated rings. The van der Waals surface area contributed by atoms with Crippen LogP contribution in [0.15, 0.2) is 0 Å². The van der Waals surface area contributed by atoms with E-state index in [1.54, 1.807) is 6.92 Å². The first kappa shape index (κ1) is 15.8. The molecule has 110 valence electrons. The second-order valence-corrected chi connectivity index (χ2v) is 4.78. The van der Waals surface area contributed by atoms with Gasteiger partial charge in [0.15, 0.2) is 0 Å².